The molecule has 0 radical (unpaired) electrons. The molecule has 14 rings (SSSR count). The van der Waals surface area contributed by atoms with E-state index in [1.165, 1.54) is 37.7 Å². The highest BCUT2D eigenvalue weighted by Crippen LogP contribution is 2.65. The molecule has 1 aliphatic heterocycles. The molecule has 0 saturated heterocycles. The van der Waals surface area contributed by atoms with E-state index in [1.807, 2.05) is 18.2 Å². The van der Waals surface area contributed by atoms with Gasteiger partial charge in [0.1, 0.15) is 17.0 Å². The van der Waals surface area contributed by atoms with Crippen molar-refractivity contribution in [2.45, 2.75) is 37.5 Å². The number of hydrogen-bond donors (Lipinski definition) is 0. The minimum Gasteiger partial charge on any atom is -0.456 e. The molecule has 5 aliphatic rings. The summed E-state index contributed by atoms with van der Waals surface area (Å²) in [6.07, 6.45) is 6.25. The average Bonchev–Trinajstić information content (AvgIpc) is 3.69. The summed E-state index contributed by atoms with van der Waals surface area (Å²) in [7, 11) is 0. The van der Waals surface area contributed by atoms with Crippen LogP contribution in [0.15, 0.2) is 174 Å². The fourth-order valence-corrected chi connectivity index (χ4v) is 11.9. The summed E-state index contributed by atoms with van der Waals surface area (Å²) >= 11 is 0. The van der Waals surface area contributed by atoms with Crippen molar-refractivity contribution in [1.29, 1.82) is 0 Å². The van der Waals surface area contributed by atoms with Gasteiger partial charge in [-0.3, -0.25) is 0 Å². The first-order chi connectivity index (χ1) is 30.2. The van der Waals surface area contributed by atoms with Gasteiger partial charge in [0, 0.05) is 27.6 Å². The maximum absolute atomic E-state index is 6.70. The highest BCUT2D eigenvalue weighted by molar-refractivity contribution is 6.06. The summed E-state index contributed by atoms with van der Waals surface area (Å²) in [4.78, 5) is 18.5. The number of nitrogens with zero attached hydrogens (tertiary/aromatic N) is 4. The second kappa shape index (κ2) is 13.5. The monoisotopic (exact) mass is 790 g/mol. The van der Waals surface area contributed by atoms with E-state index < -0.39 is 0 Å². The summed E-state index contributed by atoms with van der Waals surface area (Å²) in [6.45, 7) is 0. The van der Waals surface area contributed by atoms with Crippen LogP contribution in [-0.4, -0.2) is 15.0 Å². The molecule has 3 heterocycles. The molecule has 294 valence electrons. The summed E-state index contributed by atoms with van der Waals surface area (Å²) in [5, 5.41) is 2.23. The van der Waals surface area contributed by atoms with Crippen molar-refractivity contribution in [3.05, 3.63) is 181 Å². The molecule has 0 atom stereocenters. The highest BCUT2D eigenvalue weighted by Gasteiger charge is 2.60. The van der Waals surface area contributed by atoms with Crippen molar-refractivity contribution < 1.29 is 9.15 Å². The van der Waals surface area contributed by atoms with Crippen LogP contribution in [0.25, 0.3) is 55.8 Å². The van der Waals surface area contributed by atoms with Crippen molar-refractivity contribution in [3.63, 3.8) is 0 Å². The standard InChI is InChI=1S/C55H42N4O2/c1-3-11-36(12-4-1)52-56-53(37-13-5-2-6-14-37)58-54(57-52)55(41-28-34-27-35(30-41)31-42(55)29-34)40-21-23-43(24-22-40)59-46-16-8-10-18-50(46)61-51-33-39(19-25-47(51)59)38-20-26-49-45(32-38)44-15-7-9-17-48(44)60-49/h1-26,32-35,41-42H,27-31H2. The Morgan fingerprint density at radius 1 is 0.459 bits per heavy atom. The number of anilines is 3. The molecule has 4 bridgehead atoms. The number of para-hydroxylation sites is 3. The Morgan fingerprint density at radius 2 is 1.05 bits per heavy atom. The molecule has 9 aromatic rings. The first-order valence-corrected chi connectivity index (χ1v) is 21.8. The van der Waals surface area contributed by atoms with Crippen LogP contribution in [0.3, 0.4) is 0 Å². The Hall–Kier alpha value is -7.05. The Labute approximate surface area is 354 Å². The predicted octanol–water partition coefficient (Wildman–Crippen LogP) is 14.1. The van der Waals surface area contributed by atoms with E-state index in [0.29, 0.717) is 11.8 Å². The van der Waals surface area contributed by atoms with E-state index >= 15 is 0 Å². The lowest BCUT2D eigenvalue weighted by molar-refractivity contribution is -0.0454. The Morgan fingerprint density at radius 3 is 1.77 bits per heavy atom. The van der Waals surface area contributed by atoms with Crippen LogP contribution >= 0.6 is 0 Å². The van der Waals surface area contributed by atoms with Gasteiger partial charge in [0.25, 0.3) is 0 Å². The zero-order valence-corrected chi connectivity index (χ0v) is 33.6. The van der Waals surface area contributed by atoms with Gasteiger partial charge in [0.2, 0.25) is 0 Å². The fraction of sp³-hybridized carbons (Fsp3) is 0.182. The van der Waals surface area contributed by atoms with Gasteiger partial charge in [0.05, 0.1) is 16.8 Å². The number of aromatic nitrogens is 3. The lowest BCUT2D eigenvalue weighted by Crippen LogP contribution is -2.57. The van der Waals surface area contributed by atoms with Gasteiger partial charge in [-0.25, -0.2) is 15.0 Å². The summed E-state index contributed by atoms with van der Waals surface area (Å²) in [5.74, 6) is 6.56. The van der Waals surface area contributed by atoms with Crippen LogP contribution in [0.1, 0.15) is 43.5 Å². The fourth-order valence-electron chi connectivity index (χ4n) is 11.9. The molecule has 4 aliphatic carbocycles. The second-order valence-corrected chi connectivity index (χ2v) is 17.7. The van der Waals surface area contributed by atoms with E-state index in [0.717, 1.165) is 102 Å². The van der Waals surface area contributed by atoms with Gasteiger partial charge < -0.3 is 14.1 Å². The van der Waals surface area contributed by atoms with Crippen molar-refractivity contribution >= 4 is 39.0 Å². The summed E-state index contributed by atoms with van der Waals surface area (Å²) in [6, 6.07) is 59.9. The normalized spacial score (nSPS) is 22.3. The largest absolute Gasteiger partial charge is 0.456 e. The van der Waals surface area contributed by atoms with Gasteiger partial charge in [0.15, 0.2) is 23.1 Å². The van der Waals surface area contributed by atoms with Gasteiger partial charge in [-0.1, -0.05) is 115 Å². The van der Waals surface area contributed by atoms with Crippen LogP contribution in [0, 0.1) is 23.7 Å². The molecule has 0 N–H and O–H groups in total. The first-order valence-electron chi connectivity index (χ1n) is 21.8. The molecule has 0 unspecified atom stereocenters. The zero-order chi connectivity index (χ0) is 40.1. The lowest BCUT2D eigenvalue weighted by Gasteiger charge is -2.60. The minimum absolute atomic E-state index is 0.320. The third kappa shape index (κ3) is 5.44. The highest BCUT2D eigenvalue weighted by atomic mass is 16.5. The van der Waals surface area contributed by atoms with Gasteiger partial charge >= 0.3 is 0 Å². The molecule has 0 spiro atoms. The van der Waals surface area contributed by atoms with E-state index in [9.17, 15) is 0 Å². The van der Waals surface area contributed by atoms with Crippen LogP contribution < -0.4 is 9.64 Å². The molecule has 6 heteroatoms. The lowest BCUT2D eigenvalue weighted by atomic mass is 9.43. The third-order valence-corrected chi connectivity index (χ3v) is 14.3. The molecule has 4 saturated carbocycles. The smallest absolute Gasteiger partial charge is 0.163 e. The number of hydrogen-bond acceptors (Lipinski definition) is 6. The third-order valence-electron chi connectivity index (χ3n) is 14.3. The Bertz CT molecular complexity index is 3050. The maximum Gasteiger partial charge on any atom is 0.163 e. The van der Waals surface area contributed by atoms with Gasteiger partial charge in [-0.15, -0.1) is 0 Å². The summed E-state index contributed by atoms with van der Waals surface area (Å²) < 4.78 is 12.9. The van der Waals surface area contributed by atoms with Crippen LogP contribution in [0.5, 0.6) is 11.5 Å². The molecule has 2 aromatic heterocycles. The van der Waals surface area contributed by atoms with Crippen molar-refractivity contribution in [3.8, 4) is 45.4 Å². The molecular formula is C55H42N4O2. The molecular weight excluding hydrogens is 749 g/mol. The van der Waals surface area contributed by atoms with Crippen molar-refractivity contribution in [2.75, 3.05) is 4.90 Å². The molecule has 6 nitrogen and oxygen atoms in total. The van der Waals surface area contributed by atoms with Crippen molar-refractivity contribution in [1.82, 2.24) is 15.0 Å². The molecule has 0 amide bonds. The number of rotatable bonds is 6. The number of fused-ring (bicyclic) bond motifs is 5. The maximum atomic E-state index is 6.70. The Kier molecular flexibility index (Phi) is 7.69. The average molecular weight is 791 g/mol. The number of ether oxygens (including phenoxy) is 1. The number of benzene rings is 7. The van der Waals surface area contributed by atoms with E-state index in [-0.39, 0.29) is 5.41 Å². The van der Waals surface area contributed by atoms with Gasteiger partial charge in [-0.2, -0.15) is 0 Å². The van der Waals surface area contributed by atoms with Crippen LogP contribution in [0.4, 0.5) is 17.1 Å². The van der Waals surface area contributed by atoms with Crippen molar-refractivity contribution in [2.24, 2.45) is 23.7 Å². The van der Waals surface area contributed by atoms with Crippen LogP contribution in [0.2, 0.25) is 0 Å². The number of furan rings is 1. The van der Waals surface area contributed by atoms with Crippen LogP contribution in [-0.2, 0) is 5.41 Å². The SMILES string of the molecule is c1ccc(-c2nc(-c3ccccc3)nc(C3(c4ccc(N5c6ccccc6Oc6cc(-c7ccc8oc9ccccc9c8c7)ccc65)cc4)C4CC5CC(C4)CC3C5)n2)cc1. The molecule has 61 heavy (non-hydrogen) atoms. The molecule has 4 fully saturated rings. The zero-order valence-electron chi connectivity index (χ0n) is 33.6. The van der Waals surface area contributed by atoms with E-state index in [1.54, 1.807) is 0 Å². The Balaban J connectivity index is 0.936. The topological polar surface area (TPSA) is 64.3 Å². The van der Waals surface area contributed by atoms with E-state index in [4.69, 9.17) is 24.1 Å². The quantitative estimate of drug-likeness (QED) is 0.167. The van der Waals surface area contributed by atoms with E-state index in [2.05, 4.69) is 157 Å². The molecule has 7 aromatic carbocycles. The first kappa shape index (κ1) is 34.8. The predicted molar refractivity (Wildman–Crippen MR) is 242 cm³/mol. The minimum atomic E-state index is -0.320. The summed E-state index contributed by atoms with van der Waals surface area (Å²) in [5.41, 5.74) is 10.1. The van der Waals surface area contributed by atoms with Gasteiger partial charge in [-0.05, 0) is 127 Å². The second-order valence-electron chi connectivity index (χ2n) is 17.7.